The molecule has 0 amide bonds. The van der Waals surface area contributed by atoms with Crippen molar-refractivity contribution in [3.8, 4) is 0 Å². The van der Waals surface area contributed by atoms with E-state index >= 15 is 0 Å². The predicted molar refractivity (Wildman–Crippen MR) is 120 cm³/mol. The molecular formula is C20H26ClN2NaO6S2. The molecule has 12 heteroatoms. The van der Waals surface area contributed by atoms with Crippen molar-refractivity contribution in [2.45, 2.75) is 43.4 Å². The molecule has 0 radical (unpaired) electrons. The van der Waals surface area contributed by atoms with Gasteiger partial charge in [0.25, 0.3) is 0 Å². The van der Waals surface area contributed by atoms with Crippen LogP contribution in [-0.4, -0.2) is 45.3 Å². The molecule has 2 aromatic rings. The van der Waals surface area contributed by atoms with Crippen LogP contribution in [0.25, 0.3) is 4.24 Å². The summed E-state index contributed by atoms with van der Waals surface area (Å²) >= 11 is 4.90. The second-order valence-corrected chi connectivity index (χ2v) is 10.5. The average Bonchev–Trinajstić information content (AvgIpc) is 2.74. The molecule has 0 aliphatic rings. The molecule has 0 bridgehead atoms. The van der Waals surface area contributed by atoms with Crippen LogP contribution in [0.15, 0.2) is 58.3 Å². The van der Waals surface area contributed by atoms with Gasteiger partial charge in [-0.15, -0.1) is 0 Å². The van der Waals surface area contributed by atoms with Crippen molar-refractivity contribution in [1.29, 1.82) is 0 Å². The molecule has 0 aliphatic carbocycles. The predicted octanol–water partition coefficient (Wildman–Crippen LogP) is 1.41. The summed E-state index contributed by atoms with van der Waals surface area (Å²) in [5.41, 5.74) is 1.07. The van der Waals surface area contributed by atoms with Crippen LogP contribution in [0.3, 0.4) is 0 Å². The zero-order valence-electron chi connectivity index (χ0n) is 18.5. The first-order valence-corrected chi connectivity index (χ1v) is 12.7. The Morgan fingerprint density at radius 3 is 1.72 bits per heavy atom. The Kier molecular flexibility index (Phi) is 13.9. The van der Waals surface area contributed by atoms with Crippen LogP contribution in [-0.2, 0) is 20.0 Å². The first kappa shape index (κ1) is 31.0. The molecule has 0 unspecified atom stereocenters. The topological polar surface area (TPSA) is 123 Å². The third kappa shape index (κ3) is 9.11. The molecule has 8 nitrogen and oxygen atoms in total. The Bertz CT molecular complexity index is 1050. The summed E-state index contributed by atoms with van der Waals surface area (Å²) in [7, 11) is -7.15. The number of aromatic carboxylic acids is 1. The van der Waals surface area contributed by atoms with Crippen molar-refractivity contribution in [1.82, 2.24) is 4.31 Å². The number of sulfonamides is 2. The third-order valence-corrected chi connectivity index (χ3v) is 7.60. The molecule has 2 rings (SSSR count). The normalized spacial score (nSPS) is 11.3. The van der Waals surface area contributed by atoms with Crippen LogP contribution in [0, 0.1) is 6.92 Å². The van der Waals surface area contributed by atoms with Gasteiger partial charge in [-0.3, -0.25) is 11.8 Å². The van der Waals surface area contributed by atoms with Gasteiger partial charge in [0.2, 0.25) is 10.0 Å². The number of halogens is 1. The summed E-state index contributed by atoms with van der Waals surface area (Å²) < 4.78 is 51.0. The van der Waals surface area contributed by atoms with Gasteiger partial charge in [0.15, 0.2) is 0 Å². The van der Waals surface area contributed by atoms with Gasteiger partial charge in [-0.25, -0.2) is 21.6 Å². The van der Waals surface area contributed by atoms with E-state index in [1.807, 2.05) is 20.8 Å². The Morgan fingerprint density at radius 1 is 0.906 bits per heavy atom. The van der Waals surface area contributed by atoms with Crippen molar-refractivity contribution in [3.63, 3.8) is 0 Å². The molecule has 0 saturated heterocycles. The van der Waals surface area contributed by atoms with E-state index in [0.717, 1.165) is 18.4 Å². The second-order valence-electron chi connectivity index (χ2n) is 6.59. The number of aryl methyl sites for hydroxylation is 1. The van der Waals surface area contributed by atoms with Gasteiger partial charge in [-0.2, -0.15) is 4.31 Å². The van der Waals surface area contributed by atoms with Crippen LogP contribution >= 0.6 is 11.8 Å². The van der Waals surface area contributed by atoms with E-state index in [1.165, 1.54) is 40.7 Å². The van der Waals surface area contributed by atoms with Gasteiger partial charge in [0, 0.05) is 18.0 Å². The van der Waals surface area contributed by atoms with Crippen molar-refractivity contribution in [2.24, 2.45) is 0 Å². The van der Waals surface area contributed by atoms with Crippen LogP contribution < -0.4 is 29.6 Å². The summed E-state index contributed by atoms with van der Waals surface area (Å²) in [6.07, 6.45) is 1.48. The number of carboxylic acids is 1. The minimum atomic E-state index is -3.62. The minimum Gasteiger partial charge on any atom is -0.478 e. The summed E-state index contributed by atoms with van der Waals surface area (Å²) in [5.74, 6) is -1.07. The average molecular weight is 513 g/mol. The van der Waals surface area contributed by atoms with E-state index in [1.54, 1.807) is 12.1 Å². The second kappa shape index (κ2) is 14.3. The number of carboxylic acid groups (broad SMARTS) is 1. The van der Waals surface area contributed by atoms with Crippen molar-refractivity contribution < 1.29 is 56.3 Å². The Labute approximate surface area is 217 Å². The number of nitrogens with zero attached hydrogens (tertiary/aromatic N) is 2. The van der Waals surface area contributed by atoms with Gasteiger partial charge in [0.1, 0.15) is 10.0 Å². The van der Waals surface area contributed by atoms with Crippen molar-refractivity contribution in [2.75, 3.05) is 13.1 Å². The zero-order valence-corrected chi connectivity index (χ0v) is 22.9. The van der Waals surface area contributed by atoms with E-state index in [0.29, 0.717) is 13.1 Å². The number of hydrogen-bond donors (Lipinski definition) is 1. The minimum absolute atomic E-state index is 0. The van der Waals surface area contributed by atoms with E-state index in [4.69, 9.17) is 16.9 Å². The fraction of sp³-hybridized carbons (Fsp3) is 0.350. The van der Waals surface area contributed by atoms with Crippen LogP contribution in [0.4, 0.5) is 0 Å². The molecule has 0 heterocycles. The molecule has 0 aliphatic heterocycles. The number of hydrogen-bond acceptors (Lipinski definition) is 5. The van der Waals surface area contributed by atoms with Crippen LogP contribution in [0.5, 0.6) is 0 Å². The maximum atomic E-state index is 12.4. The molecule has 0 atom stereocenters. The smallest absolute Gasteiger partial charge is 0.478 e. The Balaban J connectivity index is 0.000000639. The number of rotatable bonds is 9. The molecule has 0 saturated carbocycles. The summed E-state index contributed by atoms with van der Waals surface area (Å²) in [4.78, 5) is 11.0. The van der Waals surface area contributed by atoms with Crippen molar-refractivity contribution in [3.05, 3.63) is 63.9 Å². The van der Waals surface area contributed by atoms with E-state index in [-0.39, 0.29) is 44.9 Å². The van der Waals surface area contributed by atoms with Crippen molar-refractivity contribution >= 4 is 37.8 Å². The quantitative estimate of drug-likeness (QED) is 0.507. The van der Waals surface area contributed by atoms with Gasteiger partial charge in [-0.1, -0.05) is 31.5 Å². The fourth-order valence-corrected chi connectivity index (χ4v) is 4.94. The van der Waals surface area contributed by atoms with E-state index < -0.39 is 26.0 Å². The summed E-state index contributed by atoms with van der Waals surface area (Å²) in [6, 6.07) is 11.6. The monoisotopic (exact) mass is 512 g/mol. The first-order valence-electron chi connectivity index (χ1n) is 9.48. The largest absolute Gasteiger partial charge is 1.00 e. The van der Waals surface area contributed by atoms with Crippen LogP contribution in [0.2, 0.25) is 0 Å². The molecule has 0 spiro atoms. The van der Waals surface area contributed by atoms with E-state index in [9.17, 15) is 21.6 Å². The first-order chi connectivity index (χ1) is 14.5. The summed E-state index contributed by atoms with van der Waals surface area (Å²) in [5, 5.41) is 8.80. The van der Waals surface area contributed by atoms with Gasteiger partial charge in [0.05, 0.1) is 10.5 Å². The summed E-state index contributed by atoms with van der Waals surface area (Å²) in [6.45, 7) is 6.65. The Hall–Kier alpha value is -0.980. The standard InChI is InChI=1S/C13H19NO4S.C7H7ClNO2S.Na/c1-3-9-14(10-4-2)19(17,18)12-7-5-11(6-8-12)13(15)16;1-6-2-4-7(5-3-6)12(10,11)9-8;/h5-8H,3-4,9-10H2,1-2H3,(H,15,16);2-5H,1H3;/q;-1;+1. The molecule has 0 fully saturated rings. The molecule has 0 aromatic heterocycles. The SMILES string of the molecule is CCCN(CCC)S(=O)(=O)c1ccc(C(=O)O)cc1.Cc1ccc(S(=O)(=O)[N-]Cl)cc1.[Na+]. The molecule has 32 heavy (non-hydrogen) atoms. The maximum absolute atomic E-state index is 12.4. The molecule has 2 aromatic carbocycles. The van der Waals surface area contributed by atoms with Gasteiger partial charge in [-0.05, 0) is 56.2 Å². The molecule has 1 N–H and O–H groups in total. The number of benzene rings is 2. The van der Waals surface area contributed by atoms with Gasteiger partial charge < -0.3 is 9.35 Å². The van der Waals surface area contributed by atoms with Crippen LogP contribution in [0.1, 0.15) is 42.6 Å². The maximum Gasteiger partial charge on any atom is 1.00 e. The number of carbonyl (C=O) groups is 1. The molecule has 172 valence electrons. The fourth-order valence-electron chi connectivity index (χ4n) is 2.52. The van der Waals surface area contributed by atoms with E-state index in [2.05, 4.69) is 4.24 Å². The molecular weight excluding hydrogens is 487 g/mol. The third-order valence-electron chi connectivity index (χ3n) is 4.09. The Morgan fingerprint density at radius 2 is 1.34 bits per heavy atom. The zero-order chi connectivity index (χ0) is 23.7. The van der Waals surface area contributed by atoms with Gasteiger partial charge >= 0.3 is 35.5 Å².